The summed E-state index contributed by atoms with van der Waals surface area (Å²) in [7, 11) is -0.109. The highest BCUT2D eigenvalue weighted by atomic mass is 32.2. The maximum atomic E-state index is 12.7. The van der Waals surface area contributed by atoms with Gasteiger partial charge in [0.15, 0.2) is 0 Å². The molecule has 2 aromatic carbocycles. The van der Waals surface area contributed by atoms with E-state index in [2.05, 4.69) is 19.5 Å². The third-order valence-corrected chi connectivity index (χ3v) is 5.29. The molecule has 2 rings (SSSR count). The van der Waals surface area contributed by atoms with Gasteiger partial charge in [-0.15, -0.1) is 0 Å². The van der Waals surface area contributed by atoms with Gasteiger partial charge in [0, 0.05) is 5.69 Å². The molecule has 0 unspecified atom stereocenters. The zero-order valence-electron chi connectivity index (χ0n) is 16.9. The van der Waals surface area contributed by atoms with Crippen LogP contribution in [0.4, 0.5) is 11.4 Å². The van der Waals surface area contributed by atoms with Crippen LogP contribution in [0.1, 0.15) is 5.56 Å². The van der Waals surface area contributed by atoms with Gasteiger partial charge in [-0.3, -0.25) is 4.72 Å². The standard InChI is InChI=1S/C20H22N2O7S/c1-13-5-10-18(27-2)16(11-13)22-30(25,26)15-8-6-14(7-9-15)21-17(20(24)29-4)12-19(23)28-3/h5-12,21-22H,1-4H3/b17-12+. The van der Waals surface area contributed by atoms with E-state index >= 15 is 0 Å². The maximum absolute atomic E-state index is 12.7. The van der Waals surface area contributed by atoms with E-state index in [0.29, 0.717) is 17.1 Å². The van der Waals surface area contributed by atoms with Gasteiger partial charge >= 0.3 is 11.9 Å². The molecule has 0 radical (unpaired) electrons. The van der Waals surface area contributed by atoms with E-state index in [4.69, 9.17) is 4.74 Å². The Hall–Kier alpha value is -3.53. The lowest BCUT2D eigenvalue weighted by Crippen LogP contribution is -2.16. The number of hydrogen-bond acceptors (Lipinski definition) is 8. The van der Waals surface area contributed by atoms with Crippen LogP contribution in [-0.4, -0.2) is 41.7 Å². The summed E-state index contributed by atoms with van der Waals surface area (Å²) in [5, 5.41) is 2.70. The van der Waals surface area contributed by atoms with Crippen LogP contribution in [0.15, 0.2) is 59.1 Å². The van der Waals surface area contributed by atoms with E-state index in [1.807, 2.05) is 6.92 Å². The highest BCUT2D eigenvalue weighted by Gasteiger charge is 2.18. The van der Waals surface area contributed by atoms with Crippen molar-refractivity contribution in [2.45, 2.75) is 11.8 Å². The van der Waals surface area contributed by atoms with Crippen LogP contribution in [0.25, 0.3) is 0 Å². The average Bonchev–Trinajstić information content (AvgIpc) is 2.72. The van der Waals surface area contributed by atoms with Crippen molar-refractivity contribution in [2.75, 3.05) is 31.4 Å². The highest BCUT2D eigenvalue weighted by Crippen LogP contribution is 2.28. The Balaban J connectivity index is 2.25. The van der Waals surface area contributed by atoms with Gasteiger partial charge in [0.2, 0.25) is 0 Å². The number of aryl methyl sites for hydroxylation is 1. The lowest BCUT2D eigenvalue weighted by Gasteiger charge is -2.13. The molecule has 0 atom stereocenters. The number of methoxy groups -OCH3 is 3. The minimum atomic E-state index is -3.89. The van der Waals surface area contributed by atoms with Crippen LogP contribution in [0, 0.1) is 6.92 Å². The second kappa shape index (κ2) is 9.79. The molecule has 160 valence electrons. The summed E-state index contributed by atoms with van der Waals surface area (Å²) in [5.74, 6) is -1.15. The van der Waals surface area contributed by atoms with E-state index in [1.54, 1.807) is 18.2 Å². The van der Waals surface area contributed by atoms with E-state index in [0.717, 1.165) is 18.7 Å². The summed E-state index contributed by atoms with van der Waals surface area (Å²) in [6.07, 6.45) is 0.933. The number of benzene rings is 2. The van der Waals surface area contributed by atoms with E-state index in [1.165, 1.54) is 38.5 Å². The first kappa shape index (κ1) is 22.8. The average molecular weight is 434 g/mol. The number of anilines is 2. The topological polar surface area (TPSA) is 120 Å². The van der Waals surface area contributed by atoms with Crippen LogP contribution >= 0.6 is 0 Å². The Kier molecular flexibility index (Phi) is 7.43. The summed E-state index contributed by atoms with van der Waals surface area (Å²) in [6.45, 7) is 1.83. The molecule has 0 heterocycles. The fourth-order valence-corrected chi connectivity index (χ4v) is 3.47. The molecular formula is C20H22N2O7S. The Labute approximate surface area is 174 Å². The van der Waals surface area contributed by atoms with Crippen LogP contribution in [0.2, 0.25) is 0 Å². The molecule has 2 aromatic rings. The smallest absolute Gasteiger partial charge is 0.354 e. The zero-order valence-corrected chi connectivity index (χ0v) is 17.7. The quantitative estimate of drug-likeness (QED) is 0.480. The van der Waals surface area contributed by atoms with Gasteiger partial charge in [0.05, 0.1) is 38.0 Å². The lowest BCUT2D eigenvalue weighted by atomic mass is 10.2. The number of carbonyl (C=O) groups is 2. The molecule has 0 aliphatic heterocycles. The van der Waals surface area contributed by atoms with Crippen molar-refractivity contribution in [2.24, 2.45) is 0 Å². The van der Waals surface area contributed by atoms with Crippen LogP contribution < -0.4 is 14.8 Å². The normalized spacial score (nSPS) is 11.4. The second-order valence-electron chi connectivity index (χ2n) is 6.03. The fourth-order valence-electron chi connectivity index (χ4n) is 2.41. The van der Waals surface area contributed by atoms with Crippen molar-refractivity contribution < 1.29 is 32.2 Å². The molecule has 0 spiro atoms. The number of esters is 2. The van der Waals surface area contributed by atoms with Crippen LogP contribution in [0.5, 0.6) is 5.75 Å². The molecule has 0 fully saturated rings. The molecule has 2 N–H and O–H groups in total. The highest BCUT2D eigenvalue weighted by molar-refractivity contribution is 7.92. The van der Waals surface area contributed by atoms with Crippen molar-refractivity contribution in [3.05, 3.63) is 59.8 Å². The number of nitrogens with one attached hydrogen (secondary N) is 2. The van der Waals surface area contributed by atoms with Crippen molar-refractivity contribution in [1.82, 2.24) is 0 Å². The summed E-state index contributed by atoms with van der Waals surface area (Å²) in [4.78, 5) is 23.2. The molecular weight excluding hydrogens is 412 g/mol. The van der Waals surface area contributed by atoms with Crippen LogP contribution in [0.3, 0.4) is 0 Å². The minimum Gasteiger partial charge on any atom is -0.495 e. The number of carbonyl (C=O) groups excluding carboxylic acids is 2. The molecule has 0 aromatic heterocycles. The summed E-state index contributed by atoms with van der Waals surface area (Å²) in [6, 6.07) is 10.7. The molecule has 9 nitrogen and oxygen atoms in total. The second-order valence-corrected chi connectivity index (χ2v) is 7.71. The Morgan fingerprint density at radius 1 is 0.967 bits per heavy atom. The van der Waals surface area contributed by atoms with Crippen LogP contribution in [-0.2, 0) is 29.1 Å². The van der Waals surface area contributed by atoms with Gasteiger partial charge in [-0.25, -0.2) is 18.0 Å². The SMILES string of the molecule is COC(=O)/C=C(/Nc1ccc(S(=O)(=O)Nc2cc(C)ccc2OC)cc1)C(=O)OC. The Morgan fingerprint density at radius 2 is 1.63 bits per heavy atom. The molecule has 0 aliphatic rings. The lowest BCUT2D eigenvalue weighted by molar-refractivity contribution is -0.138. The van der Waals surface area contributed by atoms with Gasteiger partial charge < -0.3 is 19.5 Å². The minimum absolute atomic E-state index is 0.00632. The predicted octanol–water partition coefficient (Wildman–Crippen LogP) is 2.45. The third-order valence-electron chi connectivity index (χ3n) is 3.91. The first-order valence-corrected chi connectivity index (χ1v) is 10.1. The van der Waals surface area contributed by atoms with Gasteiger partial charge in [0.1, 0.15) is 11.4 Å². The number of hydrogen-bond donors (Lipinski definition) is 2. The van der Waals surface area contributed by atoms with E-state index in [9.17, 15) is 18.0 Å². The van der Waals surface area contributed by atoms with Gasteiger partial charge in [-0.2, -0.15) is 0 Å². The Morgan fingerprint density at radius 3 is 2.20 bits per heavy atom. The molecule has 30 heavy (non-hydrogen) atoms. The Bertz CT molecular complexity index is 1060. The van der Waals surface area contributed by atoms with Crippen molar-refractivity contribution in [3.63, 3.8) is 0 Å². The first-order valence-electron chi connectivity index (χ1n) is 8.62. The summed E-state index contributed by atoms with van der Waals surface area (Å²) in [5.41, 5.74) is 1.37. The largest absolute Gasteiger partial charge is 0.495 e. The summed E-state index contributed by atoms with van der Waals surface area (Å²) >= 11 is 0. The number of rotatable bonds is 8. The van der Waals surface area contributed by atoms with Gasteiger partial charge in [-0.1, -0.05) is 6.07 Å². The van der Waals surface area contributed by atoms with E-state index in [-0.39, 0.29) is 10.6 Å². The zero-order chi connectivity index (χ0) is 22.3. The molecule has 0 bridgehead atoms. The predicted molar refractivity (Wildman–Crippen MR) is 111 cm³/mol. The molecule has 0 saturated heterocycles. The monoisotopic (exact) mass is 434 g/mol. The molecule has 0 aliphatic carbocycles. The van der Waals surface area contributed by atoms with Crippen molar-refractivity contribution in [1.29, 1.82) is 0 Å². The molecule has 0 saturated carbocycles. The number of sulfonamides is 1. The summed E-state index contributed by atoms with van der Waals surface area (Å²) < 4.78 is 42.2. The fraction of sp³-hybridized carbons (Fsp3) is 0.200. The molecule has 0 amide bonds. The third kappa shape index (κ3) is 5.74. The first-order chi connectivity index (χ1) is 14.2. The van der Waals surface area contributed by atoms with Crippen molar-refractivity contribution >= 4 is 33.3 Å². The molecule has 10 heteroatoms. The number of ether oxygens (including phenoxy) is 3. The van der Waals surface area contributed by atoms with Gasteiger partial charge in [0.25, 0.3) is 10.0 Å². The van der Waals surface area contributed by atoms with E-state index < -0.39 is 22.0 Å². The maximum Gasteiger partial charge on any atom is 0.354 e. The van der Waals surface area contributed by atoms with Crippen molar-refractivity contribution in [3.8, 4) is 5.75 Å². The van der Waals surface area contributed by atoms with Gasteiger partial charge in [-0.05, 0) is 48.9 Å².